The first-order valence-corrected chi connectivity index (χ1v) is 9.64. The van der Waals surface area contributed by atoms with E-state index in [-0.39, 0.29) is 5.82 Å². The maximum atomic E-state index is 13.6. The second-order valence-corrected chi connectivity index (χ2v) is 8.16. The normalized spacial score (nSPS) is 20.8. The molecule has 3 aromatic rings. The first-order chi connectivity index (χ1) is 12.9. The summed E-state index contributed by atoms with van der Waals surface area (Å²) in [6, 6.07) is 14.5. The zero-order valence-corrected chi connectivity index (χ0v) is 16.6. The number of likely N-dealkylation sites (N-methyl/N-ethyl adjacent to an activating group) is 1. The van der Waals surface area contributed by atoms with Crippen molar-refractivity contribution in [3.63, 3.8) is 0 Å². The highest BCUT2D eigenvalue weighted by molar-refractivity contribution is 5.84. The molecule has 0 spiro atoms. The van der Waals surface area contributed by atoms with Gasteiger partial charge in [-0.15, -0.1) is 0 Å². The molecule has 0 aliphatic carbocycles. The van der Waals surface area contributed by atoms with Crippen molar-refractivity contribution >= 4 is 10.9 Å². The summed E-state index contributed by atoms with van der Waals surface area (Å²) in [4.78, 5) is 8.36. The summed E-state index contributed by atoms with van der Waals surface area (Å²) in [7, 11) is 4.35. The molecule has 1 saturated heterocycles. The number of nitrogens with one attached hydrogen (secondary N) is 1. The number of H-pyrrole nitrogens is 1. The van der Waals surface area contributed by atoms with Gasteiger partial charge in [0.15, 0.2) is 0 Å². The van der Waals surface area contributed by atoms with Gasteiger partial charge < -0.3 is 9.88 Å². The Kier molecular flexibility index (Phi) is 4.79. The van der Waals surface area contributed by atoms with Crippen LogP contribution in [0.1, 0.15) is 28.3 Å². The first-order valence-electron chi connectivity index (χ1n) is 9.64. The van der Waals surface area contributed by atoms with Crippen LogP contribution in [0, 0.1) is 19.7 Å². The van der Waals surface area contributed by atoms with Crippen molar-refractivity contribution in [1.82, 2.24) is 14.8 Å². The number of fused-ring (bicyclic) bond motifs is 1. The molecule has 2 unspecified atom stereocenters. The quantitative estimate of drug-likeness (QED) is 0.738. The molecule has 0 radical (unpaired) electrons. The molecule has 3 nitrogen and oxygen atoms in total. The molecule has 2 aromatic carbocycles. The van der Waals surface area contributed by atoms with E-state index in [1.54, 1.807) is 6.07 Å². The van der Waals surface area contributed by atoms with Gasteiger partial charge in [-0.1, -0.05) is 29.8 Å². The van der Waals surface area contributed by atoms with Gasteiger partial charge in [-0.05, 0) is 57.3 Å². The number of halogens is 1. The van der Waals surface area contributed by atoms with Gasteiger partial charge >= 0.3 is 0 Å². The Hall–Kier alpha value is -2.17. The minimum atomic E-state index is -0.176. The van der Waals surface area contributed by atoms with Crippen LogP contribution < -0.4 is 0 Å². The van der Waals surface area contributed by atoms with Crippen LogP contribution in [0.25, 0.3) is 10.9 Å². The highest BCUT2D eigenvalue weighted by atomic mass is 19.1. The van der Waals surface area contributed by atoms with E-state index in [4.69, 9.17) is 0 Å². The Balaban J connectivity index is 1.58. The zero-order chi connectivity index (χ0) is 19.1. The molecule has 27 heavy (non-hydrogen) atoms. The molecule has 2 atom stereocenters. The van der Waals surface area contributed by atoms with Crippen LogP contribution in [-0.4, -0.2) is 48.0 Å². The van der Waals surface area contributed by atoms with Crippen LogP contribution in [0.5, 0.6) is 0 Å². The summed E-state index contributed by atoms with van der Waals surface area (Å²) in [5.41, 5.74) is 6.08. The molecule has 4 rings (SSSR count). The number of aromatic amines is 1. The standard InChI is InChI=1S/C23H28FN3/c1-15-5-7-17(8-6-15)20-12-27(14-23(20)26(3)4)13-22-16(2)19-11-18(24)9-10-21(19)25-22/h5-11,20,23,25H,12-14H2,1-4H3. The van der Waals surface area contributed by atoms with Crippen LogP contribution in [0.15, 0.2) is 42.5 Å². The highest BCUT2D eigenvalue weighted by Gasteiger charge is 2.35. The molecule has 1 aromatic heterocycles. The lowest BCUT2D eigenvalue weighted by atomic mass is 9.93. The van der Waals surface area contributed by atoms with E-state index in [0.29, 0.717) is 12.0 Å². The maximum absolute atomic E-state index is 13.6. The van der Waals surface area contributed by atoms with Gasteiger partial charge in [-0.2, -0.15) is 0 Å². The topological polar surface area (TPSA) is 22.3 Å². The van der Waals surface area contributed by atoms with E-state index < -0.39 is 0 Å². The second-order valence-electron chi connectivity index (χ2n) is 8.16. The molecule has 1 aliphatic rings. The molecule has 2 heterocycles. The fraction of sp³-hybridized carbons (Fsp3) is 0.391. The van der Waals surface area contributed by atoms with E-state index in [2.05, 4.69) is 67.0 Å². The predicted molar refractivity (Wildman–Crippen MR) is 110 cm³/mol. The Morgan fingerprint density at radius 3 is 2.52 bits per heavy atom. The number of hydrogen-bond acceptors (Lipinski definition) is 2. The number of rotatable bonds is 4. The number of aryl methyl sites for hydroxylation is 2. The lowest BCUT2D eigenvalue weighted by Gasteiger charge is -2.25. The van der Waals surface area contributed by atoms with Gasteiger partial charge in [0.25, 0.3) is 0 Å². The minimum absolute atomic E-state index is 0.176. The van der Waals surface area contributed by atoms with Crippen molar-refractivity contribution in [2.24, 2.45) is 0 Å². The Morgan fingerprint density at radius 2 is 1.81 bits per heavy atom. The zero-order valence-electron chi connectivity index (χ0n) is 16.6. The molecular weight excluding hydrogens is 337 g/mol. The third-order valence-corrected chi connectivity index (χ3v) is 6.04. The molecule has 0 amide bonds. The number of benzene rings is 2. The van der Waals surface area contributed by atoms with Crippen molar-refractivity contribution in [1.29, 1.82) is 0 Å². The average Bonchev–Trinajstić information content (AvgIpc) is 3.19. The van der Waals surface area contributed by atoms with Gasteiger partial charge in [-0.3, -0.25) is 4.90 Å². The summed E-state index contributed by atoms with van der Waals surface area (Å²) in [5.74, 6) is 0.326. The maximum Gasteiger partial charge on any atom is 0.123 e. The van der Waals surface area contributed by atoms with Crippen molar-refractivity contribution in [3.8, 4) is 0 Å². The number of likely N-dealkylation sites (tertiary alicyclic amines) is 1. The average molecular weight is 365 g/mol. The van der Waals surface area contributed by atoms with Crippen LogP contribution >= 0.6 is 0 Å². The van der Waals surface area contributed by atoms with Gasteiger partial charge in [0.1, 0.15) is 5.82 Å². The first kappa shape index (κ1) is 18.2. The molecular formula is C23H28FN3. The minimum Gasteiger partial charge on any atom is -0.357 e. The summed E-state index contributed by atoms with van der Waals surface area (Å²) in [6.45, 7) is 7.17. The summed E-state index contributed by atoms with van der Waals surface area (Å²) in [6.07, 6.45) is 0. The van der Waals surface area contributed by atoms with Crippen molar-refractivity contribution in [3.05, 3.63) is 70.7 Å². The molecule has 1 fully saturated rings. The lowest BCUT2D eigenvalue weighted by molar-refractivity contribution is 0.258. The highest BCUT2D eigenvalue weighted by Crippen LogP contribution is 2.32. The van der Waals surface area contributed by atoms with Gasteiger partial charge in [0, 0.05) is 48.2 Å². The smallest absolute Gasteiger partial charge is 0.123 e. The van der Waals surface area contributed by atoms with Crippen molar-refractivity contribution in [2.45, 2.75) is 32.4 Å². The van der Waals surface area contributed by atoms with E-state index in [1.807, 2.05) is 6.07 Å². The summed E-state index contributed by atoms with van der Waals surface area (Å²) in [5, 5.41) is 0.989. The molecule has 142 valence electrons. The van der Waals surface area contributed by atoms with Gasteiger partial charge in [0.05, 0.1) is 0 Å². The van der Waals surface area contributed by atoms with E-state index in [0.717, 1.165) is 36.1 Å². The monoisotopic (exact) mass is 365 g/mol. The van der Waals surface area contributed by atoms with Crippen LogP contribution in [0.4, 0.5) is 4.39 Å². The van der Waals surface area contributed by atoms with E-state index >= 15 is 0 Å². The van der Waals surface area contributed by atoms with E-state index in [1.165, 1.54) is 22.9 Å². The SMILES string of the molecule is Cc1ccc(C2CN(Cc3[nH]c4ccc(F)cc4c3C)CC2N(C)C)cc1. The fourth-order valence-electron chi connectivity index (χ4n) is 4.40. The molecule has 0 saturated carbocycles. The van der Waals surface area contributed by atoms with Crippen molar-refractivity contribution in [2.75, 3.05) is 27.2 Å². The number of hydrogen-bond donors (Lipinski definition) is 1. The van der Waals surface area contributed by atoms with Crippen molar-refractivity contribution < 1.29 is 4.39 Å². The van der Waals surface area contributed by atoms with Crippen LogP contribution in [0.2, 0.25) is 0 Å². The lowest BCUT2D eigenvalue weighted by Crippen LogP contribution is -2.34. The molecule has 1 N–H and O–H groups in total. The third kappa shape index (κ3) is 3.52. The van der Waals surface area contributed by atoms with Crippen LogP contribution in [-0.2, 0) is 6.54 Å². The Morgan fingerprint density at radius 1 is 1.07 bits per heavy atom. The fourth-order valence-corrected chi connectivity index (χ4v) is 4.40. The van der Waals surface area contributed by atoms with E-state index in [9.17, 15) is 4.39 Å². The number of nitrogens with zero attached hydrogens (tertiary/aromatic N) is 2. The largest absolute Gasteiger partial charge is 0.357 e. The van der Waals surface area contributed by atoms with Gasteiger partial charge in [-0.25, -0.2) is 4.39 Å². The Labute approximate surface area is 160 Å². The molecule has 0 bridgehead atoms. The van der Waals surface area contributed by atoms with Gasteiger partial charge in [0.2, 0.25) is 0 Å². The Bertz CT molecular complexity index is 942. The molecule has 1 aliphatic heterocycles. The molecule has 4 heteroatoms. The third-order valence-electron chi connectivity index (χ3n) is 6.04. The second kappa shape index (κ2) is 7.10. The van der Waals surface area contributed by atoms with Crippen LogP contribution in [0.3, 0.4) is 0 Å². The predicted octanol–water partition coefficient (Wildman–Crippen LogP) is 4.45. The number of aromatic nitrogens is 1. The summed E-state index contributed by atoms with van der Waals surface area (Å²) < 4.78 is 13.6. The summed E-state index contributed by atoms with van der Waals surface area (Å²) >= 11 is 0.